The molecule has 0 spiro atoms. The fraction of sp³-hybridized carbons (Fsp3) is 0.0714. The molecular weight excluding hydrogens is 196 g/mol. The lowest BCUT2D eigenvalue weighted by Gasteiger charge is -2.07. The van der Waals surface area contributed by atoms with Crippen molar-refractivity contribution in [3.05, 3.63) is 72.1 Å². The highest BCUT2D eigenvalue weighted by molar-refractivity contribution is 5.79. The molecule has 0 unspecified atom stereocenters. The van der Waals surface area contributed by atoms with Gasteiger partial charge in [0.15, 0.2) is 0 Å². The molecule has 0 saturated heterocycles. The molecule has 0 atom stereocenters. The van der Waals surface area contributed by atoms with Crippen LogP contribution in [0.25, 0.3) is 5.57 Å². The van der Waals surface area contributed by atoms with Crippen LogP contribution in [0.2, 0.25) is 0 Å². The van der Waals surface area contributed by atoms with Crippen LogP contribution in [0.5, 0.6) is 0 Å². The summed E-state index contributed by atoms with van der Waals surface area (Å²) >= 11 is 0. The van der Waals surface area contributed by atoms with Gasteiger partial charge in [-0.25, -0.2) is 0 Å². The average Bonchev–Trinajstić information content (AvgIpc) is 2.38. The van der Waals surface area contributed by atoms with E-state index in [0.717, 1.165) is 11.1 Å². The fourth-order valence-corrected chi connectivity index (χ4v) is 1.66. The highest BCUT2D eigenvalue weighted by Crippen LogP contribution is 2.21. The maximum absolute atomic E-state index is 5.61. The van der Waals surface area contributed by atoms with Crippen LogP contribution < -0.4 is 5.73 Å². The number of aromatic nitrogens is 1. The molecule has 0 aliphatic heterocycles. The molecule has 2 heteroatoms. The van der Waals surface area contributed by atoms with Gasteiger partial charge in [0.25, 0.3) is 0 Å². The van der Waals surface area contributed by atoms with E-state index in [4.69, 9.17) is 5.73 Å². The van der Waals surface area contributed by atoms with Crippen LogP contribution in [-0.4, -0.2) is 11.5 Å². The van der Waals surface area contributed by atoms with E-state index in [1.807, 2.05) is 42.6 Å². The lowest BCUT2D eigenvalue weighted by molar-refractivity contribution is 1.25. The van der Waals surface area contributed by atoms with Gasteiger partial charge in [-0.2, -0.15) is 0 Å². The quantitative estimate of drug-likeness (QED) is 0.845. The van der Waals surface area contributed by atoms with Crippen molar-refractivity contribution in [1.29, 1.82) is 0 Å². The first-order valence-electron chi connectivity index (χ1n) is 5.28. The molecular formula is C14H14N2. The molecule has 1 heterocycles. The molecule has 0 saturated carbocycles. The summed E-state index contributed by atoms with van der Waals surface area (Å²) in [7, 11) is 0. The van der Waals surface area contributed by atoms with E-state index in [2.05, 4.69) is 17.1 Å². The molecule has 2 N–H and O–H groups in total. The normalized spacial score (nSPS) is 11.4. The van der Waals surface area contributed by atoms with Crippen LogP contribution in [0.15, 0.2) is 60.9 Å². The van der Waals surface area contributed by atoms with E-state index in [1.54, 1.807) is 6.20 Å². The Kier molecular flexibility index (Phi) is 3.46. The Morgan fingerprint density at radius 2 is 1.81 bits per heavy atom. The number of benzene rings is 1. The molecule has 0 bridgehead atoms. The zero-order valence-corrected chi connectivity index (χ0v) is 9.01. The van der Waals surface area contributed by atoms with Crippen LogP contribution in [0.1, 0.15) is 11.1 Å². The standard InChI is InChI=1S/C14H14N2/c15-9-8-14(12-5-2-1-3-6-12)13-7-4-10-16-11-13/h1-8,10-11H,9,15H2. The average molecular weight is 210 g/mol. The first-order chi connectivity index (χ1) is 7.92. The maximum atomic E-state index is 5.61. The van der Waals surface area contributed by atoms with Gasteiger partial charge in [-0.15, -0.1) is 0 Å². The SMILES string of the molecule is NCC=C(c1ccccc1)c1cccnc1. The molecule has 1 aromatic carbocycles. The van der Waals surface area contributed by atoms with Gasteiger partial charge in [0.05, 0.1) is 0 Å². The largest absolute Gasteiger partial charge is 0.327 e. The Bertz CT molecular complexity index is 419. The van der Waals surface area contributed by atoms with E-state index in [9.17, 15) is 0 Å². The maximum Gasteiger partial charge on any atom is 0.0346 e. The van der Waals surface area contributed by atoms with E-state index in [0.29, 0.717) is 6.54 Å². The minimum atomic E-state index is 0.527. The van der Waals surface area contributed by atoms with Gasteiger partial charge in [0, 0.05) is 24.5 Å². The second kappa shape index (κ2) is 5.24. The van der Waals surface area contributed by atoms with Crippen LogP contribution >= 0.6 is 0 Å². The van der Waals surface area contributed by atoms with Gasteiger partial charge in [-0.3, -0.25) is 4.98 Å². The molecule has 2 aromatic rings. The summed E-state index contributed by atoms with van der Waals surface area (Å²) in [5, 5.41) is 0. The van der Waals surface area contributed by atoms with Crippen LogP contribution in [-0.2, 0) is 0 Å². The monoisotopic (exact) mass is 210 g/mol. The molecule has 0 aliphatic rings. The molecule has 2 nitrogen and oxygen atoms in total. The van der Waals surface area contributed by atoms with Crippen molar-refractivity contribution in [3.63, 3.8) is 0 Å². The third-order valence-corrected chi connectivity index (χ3v) is 2.38. The van der Waals surface area contributed by atoms with Gasteiger partial charge in [0.2, 0.25) is 0 Å². The summed E-state index contributed by atoms with van der Waals surface area (Å²) in [5.41, 5.74) is 9.01. The minimum Gasteiger partial charge on any atom is -0.327 e. The predicted molar refractivity (Wildman–Crippen MR) is 66.8 cm³/mol. The highest BCUT2D eigenvalue weighted by Gasteiger charge is 2.03. The topological polar surface area (TPSA) is 38.9 Å². The molecule has 0 amide bonds. The lowest BCUT2D eigenvalue weighted by Crippen LogP contribution is -1.97. The van der Waals surface area contributed by atoms with Gasteiger partial charge >= 0.3 is 0 Å². The molecule has 0 fully saturated rings. The fourth-order valence-electron chi connectivity index (χ4n) is 1.66. The van der Waals surface area contributed by atoms with Crippen molar-refractivity contribution in [2.75, 3.05) is 6.54 Å². The number of nitrogens with zero attached hydrogens (tertiary/aromatic N) is 1. The molecule has 80 valence electrons. The van der Waals surface area contributed by atoms with Crippen LogP contribution in [0, 0.1) is 0 Å². The summed E-state index contributed by atoms with van der Waals surface area (Å²) in [6.45, 7) is 0.527. The van der Waals surface area contributed by atoms with Crippen LogP contribution in [0.4, 0.5) is 0 Å². The molecule has 16 heavy (non-hydrogen) atoms. The Morgan fingerprint density at radius 1 is 1.06 bits per heavy atom. The summed E-state index contributed by atoms with van der Waals surface area (Å²) in [6, 6.07) is 14.2. The zero-order valence-electron chi connectivity index (χ0n) is 9.01. The van der Waals surface area contributed by atoms with Crippen molar-refractivity contribution in [3.8, 4) is 0 Å². The van der Waals surface area contributed by atoms with E-state index in [-0.39, 0.29) is 0 Å². The van der Waals surface area contributed by atoms with E-state index < -0.39 is 0 Å². The lowest BCUT2D eigenvalue weighted by atomic mass is 9.99. The Hall–Kier alpha value is -1.93. The number of nitrogens with two attached hydrogens (primary N) is 1. The summed E-state index contributed by atoms with van der Waals surface area (Å²) in [5.74, 6) is 0. The third-order valence-electron chi connectivity index (χ3n) is 2.38. The Balaban J connectivity index is 2.44. The van der Waals surface area contributed by atoms with Gasteiger partial charge < -0.3 is 5.73 Å². The summed E-state index contributed by atoms with van der Waals surface area (Å²) in [4.78, 5) is 4.13. The Morgan fingerprint density at radius 3 is 2.44 bits per heavy atom. The van der Waals surface area contributed by atoms with Gasteiger partial charge in [0.1, 0.15) is 0 Å². The van der Waals surface area contributed by atoms with Crippen molar-refractivity contribution in [1.82, 2.24) is 4.98 Å². The number of pyridine rings is 1. The van der Waals surface area contributed by atoms with E-state index >= 15 is 0 Å². The van der Waals surface area contributed by atoms with E-state index in [1.165, 1.54) is 5.56 Å². The van der Waals surface area contributed by atoms with Crippen molar-refractivity contribution in [2.45, 2.75) is 0 Å². The molecule has 1 aromatic heterocycles. The second-order valence-corrected chi connectivity index (χ2v) is 3.46. The van der Waals surface area contributed by atoms with Crippen molar-refractivity contribution < 1.29 is 0 Å². The molecule has 2 rings (SSSR count). The van der Waals surface area contributed by atoms with Crippen molar-refractivity contribution >= 4 is 5.57 Å². The van der Waals surface area contributed by atoms with Gasteiger partial charge in [-0.05, 0) is 17.2 Å². The molecule has 0 radical (unpaired) electrons. The predicted octanol–water partition coefficient (Wildman–Crippen LogP) is 2.47. The first-order valence-corrected chi connectivity index (χ1v) is 5.28. The highest BCUT2D eigenvalue weighted by atomic mass is 14.6. The zero-order chi connectivity index (χ0) is 11.2. The number of hydrogen-bond acceptors (Lipinski definition) is 2. The van der Waals surface area contributed by atoms with Crippen LogP contribution in [0.3, 0.4) is 0 Å². The molecule has 0 aliphatic carbocycles. The number of rotatable bonds is 3. The first kappa shape index (κ1) is 10.6. The number of hydrogen-bond donors (Lipinski definition) is 1. The summed E-state index contributed by atoms with van der Waals surface area (Å²) in [6.07, 6.45) is 5.65. The minimum absolute atomic E-state index is 0.527. The summed E-state index contributed by atoms with van der Waals surface area (Å²) < 4.78 is 0. The Labute approximate surface area is 95.5 Å². The third kappa shape index (κ3) is 2.35. The van der Waals surface area contributed by atoms with Gasteiger partial charge in [-0.1, -0.05) is 42.5 Å². The second-order valence-electron chi connectivity index (χ2n) is 3.46. The van der Waals surface area contributed by atoms with Crippen molar-refractivity contribution in [2.24, 2.45) is 5.73 Å². The smallest absolute Gasteiger partial charge is 0.0346 e.